The maximum atomic E-state index is 5.87. The van der Waals surface area contributed by atoms with Gasteiger partial charge in [-0.3, -0.25) is 0 Å². The van der Waals surface area contributed by atoms with E-state index >= 15 is 0 Å². The quantitative estimate of drug-likeness (QED) is 0.738. The van der Waals surface area contributed by atoms with Crippen molar-refractivity contribution in [3.05, 3.63) is 11.8 Å². The van der Waals surface area contributed by atoms with Gasteiger partial charge in [-0.1, -0.05) is 13.8 Å². The van der Waals surface area contributed by atoms with Crippen LogP contribution in [0.2, 0.25) is 0 Å². The number of nitrogens with one attached hydrogen (secondary N) is 2. The van der Waals surface area contributed by atoms with E-state index < -0.39 is 0 Å². The summed E-state index contributed by atoms with van der Waals surface area (Å²) in [7, 11) is 1.78. The lowest BCUT2D eigenvalue weighted by Crippen LogP contribution is -2.00. The highest BCUT2D eigenvalue weighted by atomic mass is 15.1. The molecule has 2 heterocycles. The van der Waals surface area contributed by atoms with Gasteiger partial charge in [-0.05, 0) is 18.4 Å². The van der Waals surface area contributed by atoms with Crippen LogP contribution in [0.3, 0.4) is 0 Å². The van der Waals surface area contributed by atoms with Crippen molar-refractivity contribution in [2.24, 2.45) is 0 Å². The third-order valence-electron chi connectivity index (χ3n) is 2.89. The molecule has 2 rings (SSSR count). The third-order valence-corrected chi connectivity index (χ3v) is 2.89. The minimum Gasteiger partial charge on any atom is -0.382 e. The first-order valence-electron chi connectivity index (χ1n) is 5.49. The first-order chi connectivity index (χ1) is 7.65. The predicted molar refractivity (Wildman–Crippen MR) is 66.6 cm³/mol. The van der Waals surface area contributed by atoms with Gasteiger partial charge in [0.05, 0.1) is 5.52 Å². The number of nitrogens with two attached hydrogens (primary N) is 1. The average Bonchev–Trinajstić information content (AvgIpc) is 2.72. The van der Waals surface area contributed by atoms with Gasteiger partial charge in [0.15, 0.2) is 5.82 Å². The Morgan fingerprint density at radius 1 is 1.50 bits per heavy atom. The Bertz CT molecular complexity index is 502. The first kappa shape index (κ1) is 10.7. The predicted octanol–water partition coefficient (Wildman–Crippen LogP) is 2.10. The molecule has 0 aliphatic rings. The molecule has 2 aromatic rings. The van der Waals surface area contributed by atoms with E-state index in [2.05, 4.69) is 34.1 Å². The van der Waals surface area contributed by atoms with Crippen LogP contribution in [-0.4, -0.2) is 22.0 Å². The molecule has 5 heteroatoms. The lowest BCUT2D eigenvalue weighted by atomic mass is 10.1. The number of fused-ring (bicyclic) bond motifs is 1. The molecule has 0 fully saturated rings. The summed E-state index contributed by atoms with van der Waals surface area (Å²) in [5, 5.41) is 2.90. The Hall–Kier alpha value is -1.78. The molecule has 16 heavy (non-hydrogen) atoms. The van der Waals surface area contributed by atoms with Crippen LogP contribution in [0.4, 0.5) is 11.8 Å². The topological polar surface area (TPSA) is 79.6 Å². The molecule has 0 saturated carbocycles. The fraction of sp³-hybridized carbons (Fsp3) is 0.455. The monoisotopic (exact) mass is 219 g/mol. The van der Waals surface area contributed by atoms with Gasteiger partial charge in [-0.2, -0.15) is 4.98 Å². The molecule has 2 aromatic heterocycles. The molecule has 0 bridgehead atoms. The molecule has 0 aliphatic heterocycles. The standard InChI is InChI=1S/C11H17N5/c1-4-6(2)7-5-8-9(14-7)10(12)16-11(13-3)15-8/h5-6,14H,4H2,1-3H3,(H3,12,13,15,16). The van der Waals surface area contributed by atoms with E-state index in [4.69, 9.17) is 5.73 Å². The van der Waals surface area contributed by atoms with E-state index in [0.29, 0.717) is 17.7 Å². The van der Waals surface area contributed by atoms with Crippen LogP contribution in [-0.2, 0) is 0 Å². The molecule has 0 saturated heterocycles. The summed E-state index contributed by atoms with van der Waals surface area (Å²) in [6, 6.07) is 2.04. The molecule has 0 amide bonds. The lowest BCUT2D eigenvalue weighted by molar-refractivity contribution is 0.715. The Balaban J connectivity index is 2.56. The number of hydrogen-bond acceptors (Lipinski definition) is 4. The van der Waals surface area contributed by atoms with Crippen molar-refractivity contribution in [2.75, 3.05) is 18.1 Å². The van der Waals surface area contributed by atoms with Crippen LogP contribution >= 0.6 is 0 Å². The zero-order valence-corrected chi connectivity index (χ0v) is 9.83. The Morgan fingerprint density at radius 2 is 2.25 bits per heavy atom. The zero-order valence-electron chi connectivity index (χ0n) is 9.83. The van der Waals surface area contributed by atoms with Crippen molar-refractivity contribution in [3.8, 4) is 0 Å². The number of nitrogens with zero attached hydrogens (tertiary/aromatic N) is 2. The number of aromatic amines is 1. The summed E-state index contributed by atoms with van der Waals surface area (Å²) in [5.74, 6) is 1.52. The number of nitrogen functional groups attached to an aromatic ring is 1. The third kappa shape index (κ3) is 1.68. The first-order valence-corrected chi connectivity index (χ1v) is 5.49. The number of rotatable bonds is 3. The number of hydrogen-bond donors (Lipinski definition) is 3. The molecule has 0 radical (unpaired) electrons. The average molecular weight is 219 g/mol. The summed E-state index contributed by atoms with van der Waals surface area (Å²) < 4.78 is 0. The minimum atomic E-state index is 0.478. The molecule has 0 aromatic carbocycles. The molecular weight excluding hydrogens is 202 g/mol. The Morgan fingerprint density at radius 3 is 2.88 bits per heavy atom. The van der Waals surface area contributed by atoms with E-state index in [-0.39, 0.29) is 0 Å². The second kappa shape index (κ2) is 4.00. The highest BCUT2D eigenvalue weighted by molar-refractivity contribution is 5.86. The molecule has 1 atom stereocenters. The largest absolute Gasteiger partial charge is 0.382 e. The Labute approximate surface area is 94.5 Å². The maximum absolute atomic E-state index is 5.87. The summed E-state index contributed by atoms with van der Waals surface area (Å²) in [4.78, 5) is 11.8. The van der Waals surface area contributed by atoms with Gasteiger partial charge in [-0.25, -0.2) is 4.98 Å². The van der Waals surface area contributed by atoms with E-state index in [1.165, 1.54) is 0 Å². The second-order valence-electron chi connectivity index (χ2n) is 3.98. The fourth-order valence-electron chi connectivity index (χ4n) is 1.65. The zero-order chi connectivity index (χ0) is 11.7. The summed E-state index contributed by atoms with van der Waals surface area (Å²) in [6.07, 6.45) is 1.08. The van der Waals surface area contributed by atoms with E-state index in [1.54, 1.807) is 7.05 Å². The van der Waals surface area contributed by atoms with Gasteiger partial charge in [0.25, 0.3) is 0 Å². The molecule has 1 unspecified atom stereocenters. The van der Waals surface area contributed by atoms with Crippen molar-refractivity contribution < 1.29 is 0 Å². The highest BCUT2D eigenvalue weighted by Crippen LogP contribution is 2.25. The smallest absolute Gasteiger partial charge is 0.225 e. The minimum absolute atomic E-state index is 0.478. The van der Waals surface area contributed by atoms with Gasteiger partial charge in [-0.15, -0.1) is 0 Å². The van der Waals surface area contributed by atoms with Crippen molar-refractivity contribution in [3.63, 3.8) is 0 Å². The van der Waals surface area contributed by atoms with E-state index in [1.807, 2.05) is 6.07 Å². The van der Waals surface area contributed by atoms with Gasteiger partial charge >= 0.3 is 0 Å². The maximum Gasteiger partial charge on any atom is 0.225 e. The van der Waals surface area contributed by atoms with Gasteiger partial charge in [0, 0.05) is 12.7 Å². The molecule has 0 aliphatic carbocycles. The van der Waals surface area contributed by atoms with Gasteiger partial charge < -0.3 is 16.0 Å². The molecule has 5 nitrogen and oxygen atoms in total. The highest BCUT2D eigenvalue weighted by Gasteiger charge is 2.11. The summed E-state index contributed by atoms with van der Waals surface area (Å²) >= 11 is 0. The molecule has 86 valence electrons. The fourth-order valence-corrected chi connectivity index (χ4v) is 1.65. The summed E-state index contributed by atoms with van der Waals surface area (Å²) in [6.45, 7) is 4.33. The van der Waals surface area contributed by atoms with E-state index in [9.17, 15) is 0 Å². The van der Waals surface area contributed by atoms with E-state index in [0.717, 1.165) is 23.1 Å². The van der Waals surface area contributed by atoms with Gasteiger partial charge in [0.2, 0.25) is 5.95 Å². The Kier molecular flexibility index (Phi) is 2.68. The van der Waals surface area contributed by atoms with Crippen molar-refractivity contribution in [1.82, 2.24) is 15.0 Å². The molecule has 0 spiro atoms. The number of H-pyrrole nitrogens is 1. The summed E-state index contributed by atoms with van der Waals surface area (Å²) in [5.41, 5.74) is 8.72. The van der Waals surface area contributed by atoms with Crippen LogP contribution in [0.5, 0.6) is 0 Å². The van der Waals surface area contributed by atoms with Crippen molar-refractivity contribution >= 4 is 22.8 Å². The molecule has 4 N–H and O–H groups in total. The van der Waals surface area contributed by atoms with Gasteiger partial charge in [0.1, 0.15) is 5.52 Å². The van der Waals surface area contributed by atoms with Crippen molar-refractivity contribution in [1.29, 1.82) is 0 Å². The second-order valence-corrected chi connectivity index (χ2v) is 3.98. The van der Waals surface area contributed by atoms with Crippen LogP contribution in [0, 0.1) is 0 Å². The van der Waals surface area contributed by atoms with Crippen LogP contribution in [0.15, 0.2) is 6.07 Å². The SMILES string of the molecule is CCC(C)c1cc2nc(NC)nc(N)c2[nH]1. The van der Waals surface area contributed by atoms with Crippen molar-refractivity contribution in [2.45, 2.75) is 26.2 Å². The molecular formula is C11H17N5. The van der Waals surface area contributed by atoms with Crippen LogP contribution in [0.25, 0.3) is 11.0 Å². The van der Waals surface area contributed by atoms with Crippen LogP contribution < -0.4 is 11.1 Å². The number of aromatic nitrogens is 3. The lowest BCUT2D eigenvalue weighted by Gasteiger charge is -2.03. The normalized spacial score (nSPS) is 12.9. The van der Waals surface area contributed by atoms with Crippen LogP contribution in [0.1, 0.15) is 31.9 Å². The number of anilines is 2.